The van der Waals surface area contributed by atoms with Gasteiger partial charge in [-0.1, -0.05) is 0 Å². The van der Waals surface area contributed by atoms with Crippen molar-refractivity contribution >= 4 is 20.1 Å². The Morgan fingerprint density at radius 1 is 0.960 bits per heavy atom. The zero-order chi connectivity index (χ0) is 20.3. The van der Waals surface area contributed by atoms with Gasteiger partial charge in [-0.05, 0) is 0 Å². The predicted molar refractivity (Wildman–Crippen MR) is 80.0 cm³/mol. The van der Waals surface area contributed by atoms with Crippen LogP contribution in [0.5, 0.6) is 0 Å². The second-order valence-corrected chi connectivity index (χ2v) is 9.88. The topological polar surface area (TPSA) is 91.8 Å². The van der Waals surface area contributed by atoms with Gasteiger partial charge in [0, 0.05) is 26.4 Å². The fourth-order valence-electron chi connectivity index (χ4n) is 1.97. The molecule has 0 aromatic rings. The standard InChI is InChI=1S/C11H21F5N2O5S2/c1-17(25(22,23)11(15,16)10(12,13)14)6-4-7-18(2,3)8-5-9-24(19,20)21/h4-9H2,1-3H3/p+1. The van der Waals surface area contributed by atoms with E-state index in [1.54, 1.807) is 14.1 Å². The highest BCUT2D eigenvalue weighted by Crippen LogP contribution is 2.41. The van der Waals surface area contributed by atoms with Crippen molar-refractivity contribution in [2.24, 2.45) is 0 Å². The molecule has 0 bridgehead atoms. The van der Waals surface area contributed by atoms with Crippen LogP contribution in [-0.2, 0) is 20.1 Å². The smallest absolute Gasteiger partial charge is 0.328 e. The zero-order valence-electron chi connectivity index (χ0n) is 13.9. The fourth-order valence-corrected chi connectivity index (χ4v) is 3.52. The fraction of sp³-hybridized carbons (Fsp3) is 1.00. The van der Waals surface area contributed by atoms with Crippen molar-refractivity contribution in [3.05, 3.63) is 0 Å². The van der Waals surface area contributed by atoms with Crippen molar-refractivity contribution in [3.8, 4) is 0 Å². The number of sulfonamides is 1. The Morgan fingerprint density at radius 3 is 1.80 bits per heavy atom. The predicted octanol–water partition coefficient (Wildman–Crippen LogP) is 1.15. The van der Waals surface area contributed by atoms with E-state index in [2.05, 4.69) is 0 Å². The summed E-state index contributed by atoms with van der Waals surface area (Å²) in [6, 6.07) is 0. The lowest BCUT2D eigenvalue weighted by atomic mass is 10.3. The number of nitrogens with zero attached hydrogens (tertiary/aromatic N) is 2. The Balaban J connectivity index is 4.67. The molecule has 0 aliphatic carbocycles. The first-order chi connectivity index (χ1) is 10.8. The van der Waals surface area contributed by atoms with E-state index in [1.807, 2.05) is 0 Å². The highest BCUT2D eigenvalue weighted by Gasteiger charge is 2.68. The first kappa shape index (κ1) is 24.4. The monoisotopic (exact) mass is 421 g/mol. The average molecular weight is 421 g/mol. The van der Waals surface area contributed by atoms with Crippen LogP contribution in [0.15, 0.2) is 0 Å². The molecule has 7 nitrogen and oxygen atoms in total. The van der Waals surface area contributed by atoms with Gasteiger partial charge in [0.05, 0.1) is 32.9 Å². The summed E-state index contributed by atoms with van der Waals surface area (Å²) >= 11 is 0. The quantitative estimate of drug-likeness (QED) is 0.325. The minimum absolute atomic E-state index is 0.0253. The maximum absolute atomic E-state index is 13.1. The first-order valence-electron chi connectivity index (χ1n) is 7.01. The van der Waals surface area contributed by atoms with Crippen LogP contribution in [0.3, 0.4) is 0 Å². The third-order valence-corrected chi connectivity index (χ3v) is 6.15. The van der Waals surface area contributed by atoms with Gasteiger partial charge < -0.3 is 4.48 Å². The van der Waals surface area contributed by atoms with Gasteiger partial charge in [0.2, 0.25) is 0 Å². The number of quaternary nitrogens is 1. The van der Waals surface area contributed by atoms with Gasteiger partial charge in [-0.3, -0.25) is 4.55 Å². The Morgan fingerprint density at radius 2 is 1.40 bits per heavy atom. The minimum atomic E-state index is -6.22. The summed E-state index contributed by atoms with van der Waals surface area (Å²) in [6.07, 6.45) is -6.14. The molecule has 0 saturated carbocycles. The lowest BCUT2D eigenvalue weighted by Crippen LogP contribution is -2.51. The molecule has 1 N–H and O–H groups in total. The Hall–Kier alpha value is -0.570. The van der Waals surface area contributed by atoms with E-state index in [1.165, 1.54) is 0 Å². The van der Waals surface area contributed by atoms with Gasteiger partial charge in [0.15, 0.2) is 0 Å². The molecule has 25 heavy (non-hydrogen) atoms. The largest absolute Gasteiger partial charge is 0.470 e. The second-order valence-electron chi connectivity index (χ2n) is 6.22. The Labute approximate surface area is 143 Å². The molecule has 0 aromatic heterocycles. The van der Waals surface area contributed by atoms with E-state index < -0.39 is 43.9 Å². The van der Waals surface area contributed by atoms with Crippen LogP contribution in [-0.4, -0.2) is 88.1 Å². The van der Waals surface area contributed by atoms with Crippen LogP contribution in [0.4, 0.5) is 22.0 Å². The van der Waals surface area contributed by atoms with Crippen molar-refractivity contribution in [2.75, 3.05) is 46.5 Å². The Kier molecular flexibility index (Phi) is 7.80. The summed E-state index contributed by atoms with van der Waals surface area (Å²) in [5.41, 5.74) is 0. The van der Waals surface area contributed by atoms with E-state index in [0.717, 1.165) is 0 Å². The number of hydrogen-bond acceptors (Lipinski definition) is 4. The summed E-state index contributed by atoms with van der Waals surface area (Å²) in [6.45, 7) is -0.0914. The van der Waals surface area contributed by atoms with E-state index in [4.69, 9.17) is 4.55 Å². The molecule has 0 spiro atoms. The first-order valence-corrected chi connectivity index (χ1v) is 10.1. The number of halogens is 5. The SMILES string of the molecule is CN(CCC[N+](C)(C)CCCS(=O)(=O)O)S(=O)(=O)C(F)(F)C(F)(F)F. The van der Waals surface area contributed by atoms with E-state index in [-0.39, 0.29) is 34.7 Å². The molecule has 0 aromatic carbocycles. The van der Waals surface area contributed by atoms with Crippen LogP contribution in [0, 0.1) is 0 Å². The highest BCUT2D eigenvalue weighted by atomic mass is 32.2. The summed E-state index contributed by atoms with van der Waals surface area (Å²) in [4.78, 5) is 0. The molecule has 14 heteroatoms. The Bertz CT molecular complexity index is 646. The summed E-state index contributed by atoms with van der Waals surface area (Å²) in [7, 11) is -6.10. The van der Waals surface area contributed by atoms with E-state index >= 15 is 0 Å². The van der Waals surface area contributed by atoms with Gasteiger partial charge in [-0.2, -0.15) is 34.7 Å². The molecule has 0 rings (SSSR count). The number of rotatable bonds is 10. The summed E-state index contributed by atoms with van der Waals surface area (Å²) in [5.74, 6) is -0.471. The minimum Gasteiger partial charge on any atom is -0.328 e. The molecule has 0 aliphatic heterocycles. The van der Waals surface area contributed by atoms with E-state index in [9.17, 15) is 38.8 Å². The van der Waals surface area contributed by atoms with Crippen LogP contribution in [0.2, 0.25) is 0 Å². The van der Waals surface area contributed by atoms with Crippen molar-refractivity contribution in [3.63, 3.8) is 0 Å². The van der Waals surface area contributed by atoms with Gasteiger partial charge in [0.25, 0.3) is 20.1 Å². The molecule has 0 unspecified atom stereocenters. The molecule has 0 radical (unpaired) electrons. The molecule has 0 saturated heterocycles. The third-order valence-electron chi connectivity index (χ3n) is 3.47. The molecule has 0 atom stereocenters. The van der Waals surface area contributed by atoms with Gasteiger partial charge in [0.1, 0.15) is 0 Å². The van der Waals surface area contributed by atoms with Crippen LogP contribution in [0.1, 0.15) is 12.8 Å². The maximum Gasteiger partial charge on any atom is 0.470 e. The summed E-state index contributed by atoms with van der Waals surface area (Å²) < 4.78 is 116. The van der Waals surface area contributed by atoms with Crippen molar-refractivity contribution in [2.45, 2.75) is 24.3 Å². The van der Waals surface area contributed by atoms with Gasteiger partial charge in [-0.15, -0.1) is 0 Å². The van der Waals surface area contributed by atoms with Crippen LogP contribution < -0.4 is 0 Å². The third kappa shape index (κ3) is 7.29. The second kappa shape index (κ2) is 7.98. The number of hydrogen-bond donors (Lipinski definition) is 1. The molecule has 0 heterocycles. The normalized spacial score (nSPS) is 15.0. The van der Waals surface area contributed by atoms with Crippen molar-refractivity contribution in [1.82, 2.24) is 4.31 Å². The molecule has 0 fully saturated rings. The molecule has 0 aliphatic rings. The highest BCUT2D eigenvalue weighted by molar-refractivity contribution is 7.90. The van der Waals surface area contributed by atoms with Crippen LogP contribution in [0.25, 0.3) is 0 Å². The molecule has 152 valence electrons. The van der Waals surface area contributed by atoms with E-state index in [0.29, 0.717) is 7.05 Å². The van der Waals surface area contributed by atoms with Crippen LogP contribution >= 0.6 is 0 Å². The molecular formula is C11H22F5N2O5S2+. The molecule has 0 amide bonds. The van der Waals surface area contributed by atoms with Crippen molar-refractivity contribution < 1.29 is 47.8 Å². The summed E-state index contributed by atoms with van der Waals surface area (Å²) in [5, 5.41) is -5.88. The average Bonchev–Trinajstić information content (AvgIpc) is 2.34. The van der Waals surface area contributed by atoms with Gasteiger partial charge >= 0.3 is 11.4 Å². The maximum atomic E-state index is 13.1. The van der Waals surface area contributed by atoms with Gasteiger partial charge in [-0.25, -0.2) is 8.42 Å². The lowest BCUT2D eigenvalue weighted by molar-refractivity contribution is -0.890. The zero-order valence-corrected chi connectivity index (χ0v) is 15.6. The van der Waals surface area contributed by atoms with Crippen molar-refractivity contribution in [1.29, 1.82) is 0 Å². The lowest BCUT2D eigenvalue weighted by Gasteiger charge is -2.31. The molecular weight excluding hydrogens is 399 g/mol. The number of alkyl halides is 5.